The Morgan fingerprint density at radius 3 is 2.65 bits per heavy atom. The van der Waals surface area contributed by atoms with Crippen molar-refractivity contribution in [2.24, 2.45) is 7.05 Å². The Morgan fingerprint density at radius 2 is 1.93 bits per heavy atom. The van der Waals surface area contributed by atoms with E-state index in [4.69, 9.17) is 9.47 Å². The van der Waals surface area contributed by atoms with E-state index in [1.807, 2.05) is 36.0 Å². The number of ether oxygens (including phenoxy) is 2. The standard InChI is InChI=1S/C30H29N5O6S2/c1-33-16-26(23-6-4-5-19-11-12-34(30(36)37)17-25(19)23)24-10-9-22(14-27(24)33)43(38,39)35(29-31-18-32-42-29)15-20-7-8-21(40-2)13-28(20)41-3/h4-10,13-14,16,18H,11-12,15,17H2,1-3H3,(H,36,37). The van der Waals surface area contributed by atoms with E-state index in [9.17, 15) is 18.3 Å². The SMILES string of the molecule is COc1ccc(CN(c2ncns2)S(=O)(=O)c2ccc3c(-c4cccc5c4CN(C(=O)O)CC5)cn(C)c3c2)c(OC)c1. The molecule has 11 nitrogen and oxygen atoms in total. The lowest BCUT2D eigenvalue weighted by molar-refractivity contribution is 0.140. The molecule has 0 saturated heterocycles. The number of fused-ring (bicyclic) bond motifs is 2. The van der Waals surface area contributed by atoms with Gasteiger partial charge in [0.1, 0.15) is 17.8 Å². The molecule has 3 heterocycles. The molecular formula is C30H29N5O6S2. The first-order valence-electron chi connectivity index (χ1n) is 13.4. The Balaban J connectivity index is 1.42. The van der Waals surface area contributed by atoms with E-state index in [1.165, 1.54) is 22.6 Å². The van der Waals surface area contributed by atoms with Crippen molar-refractivity contribution in [3.63, 3.8) is 0 Å². The van der Waals surface area contributed by atoms with Gasteiger partial charge in [0.05, 0.1) is 25.7 Å². The van der Waals surface area contributed by atoms with Crippen molar-refractivity contribution in [1.29, 1.82) is 0 Å². The molecule has 43 heavy (non-hydrogen) atoms. The first kappa shape index (κ1) is 28.5. The number of nitrogens with zero attached hydrogens (tertiary/aromatic N) is 5. The topological polar surface area (TPSA) is 127 Å². The molecule has 0 spiro atoms. The van der Waals surface area contributed by atoms with Gasteiger partial charge < -0.3 is 24.0 Å². The second kappa shape index (κ2) is 11.2. The van der Waals surface area contributed by atoms with Gasteiger partial charge >= 0.3 is 6.09 Å². The molecule has 3 aromatic carbocycles. The highest BCUT2D eigenvalue weighted by Crippen LogP contribution is 2.38. The smallest absolute Gasteiger partial charge is 0.407 e. The van der Waals surface area contributed by atoms with Crippen LogP contribution in [0, 0.1) is 0 Å². The van der Waals surface area contributed by atoms with Crippen LogP contribution in [0.1, 0.15) is 16.7 Å². The zero-order valence-corrected chi connectivity index (χ0v) is 25.4. The number of anilines is 1. The molecule has 1 aliphatic rings. The van der Waals surface area contributed by atoms with Gasteiger partial charge in [-0.15, -0.1) is 0 Å². The Morgan fingerprint density at radius 1 is 1.09 bits per heavy atom. The summed E-state index contributed by atoms with van der Waals surface area (Å²) in [5.74, 6) is 1.07. The molecule has 2 aromatic heterocycles. The molecule has 1 aliphatic heterocycles. The van der Waals surface area contributed by atoms with Gasteiger partial charge in [-0.25, -0.2) is 22.5 Å². The van der Waals surface area contributed by atoms with E-state index < -0.39 is 16.1 Å². The van der Waals surface area contributed by atoms with Crippen molar-refractivity contribution in [2.75, 3.05) is 25.1 Å². The van der Waals surface area contributed by atoms with Crippen molar-refractivity contribution in [2.45, 2.75) is 24.4 Å². The summed E-state index contributed by atoms with van der Waals surface area (Å²) in [6, 6.07) is 16.3. The number of hydrogen-bond donors (Lipinski definition) is 1. The van der Waals surface area contributed by atoms with Crippen molar-refractivity contribution >= 4 is 43.7 Å². The molecule has 0 saturated carbocycles. The maximum atomic E-state index is 14.2. The lowest BCUT2D eigenvalue weighted by Crippen LogP contribution is -2.35. The van der Waals surface area contributed by atoms with Gasteiger partial charge in [0.15, 0.2) is 0 Å². The third kappa shape index (κ3) is 5.14. The predicted octanol–water partition coefficient (Wildman–Crippen LogP) is 5.15. The number of carboxylic acid groups (broad SMARTS) is 1. The number of amides is 1. The average Bonchev–Trinajstić information content (AvgIpc) is 3.67. The van der Waals surface area contributed by atoms with Crippen LogP contribution in [0.15, 0.2) is 72.0 Å². The maximum absolute atomic E-state index is 14.2. The molecule has 0 atom stereocenters. The number of rotatable bonds is 8. The molecule has 1 N–H and O–H groups in total. The van der Waals surface area contributed by atoms with E-state index in [1.54, 1.807) is 43.5 Å². The van der Waals surface area contributed by atoms with Crippen LogP contribution < -0.4 is 13.8 Å². The maximum Gasteiger partial charge on any atom is 0.407 e. The van der Waals surface area contributed by atoms with Gasteiger partial charge in [0.25, 0.3) is 10.0 Å². The van der Waals surface area contributed by atoms with Gasteiger partial charge in [0.2, 0.25) is 5.13 Å². The van der Waals surface area contributed by atoms with Crippen LogP contribution in [0.2, 0.25) is 0 Å². The van der Waals surface area contributed by atoms with Crippen LogP contribution in [-0.2, 0) is 36.6 Å². The van der Waals surface area contributed by atoms with Crippen LogP contribution >= 0.6 is 11.5 Å². The third-order valence-electron chi connectivity index (χ3n) is 7.76. The number of methoxy groups -OCH3 is 2. The average molecular weight is 620 g/mol. The van der Waals surface area contributed by atoms with Gasteiger partial charge in [-0.2, -0.15) is 4.37 Å². The van der Waals surface area contributed by atoms with E-state index in [0.29, 0.717) is 36.6 Å². The number of carbonyl (C=O) groups is 1. The molecule has 0 radical (unpaired) electrons. The van der Waals surface area contributed by atoms with E-state index in [-0.39, 0.29) is 16.6 Å². The minimum absolute atomic E-state index is 0.0304. The minimum atomic E-state index is -4.09. The number of aryl methyl sites for hydroxylation is 1. The Bertz CT molecular complexity index is 1940. The molecule has 0 bridgehead atoms. The first-order valence-corrected chi connectivity index (χ1v) is 15.6. The highest BCUT2D eigenvalue weighted by atomic mass is 32.2. The molecule has 6 rings (SSSR count). The molecule has 0 aliphatic carbocycles. The molecule has 0 fully saturated rings. The van der Waals surface area contributed by atoms with Crippen LogP contribution in [0.4, 0.5) is 9.93 Å². The fraction of sp³-hybridized carbons (Fsp3) is 0.233. The third-order valence-corrected chi connectivity index (χ3v) is 10.3. The van der Waals surface area contributed by atoms with E-state index >= 15 is 0 Å². The predicted molar refractivity (Wildman–Crippen MR) is 163 cm³/mol. The summed E-state index contributed by atoms with van der Waals surface area (Å²) in [6.45, 7) is 0.725. The molecule has 222 valence electrons. The number of hydrogen-bond acceptors (Lipinski definition) is 8. The van der Waals surface area contributed by atoms with Crippen LogP contribution in [0.5, 0.6) is 11.5 Å². The minimum Gasteiger partial charge on any atom is -0.497 e. The van der Waals surface area contributed by atoms with Crippen molar-refractivity contribution in [1.82, 2.24) is 18.8 Å². The monoisotopic (exact) mass is 619 g/mol. The number of aromatic nitrogens is 3. The lowest BCUT2D eigenvalue weighted by Gasteiger charge is -2.28. The summed E-state index contributed by atoms with van der Waals surface area (Å²) in [6.07, 6.45) is 2.98. The molecular weight excluding hydrogens is 590 g/mol. The van der Waals surface area contributed by atoms with Gasteiger partial charge in [-0.1, -0.05) is 24.3 Å². The summed E-state index contributed by atoms with van der Waals surface area (Å²) in [4.78, 5) is 17.5. The zero-order chi connectivity index (χ0) is 30.3. The Hall–Kier alpha value is -4.62. The van der Waals surface area contributed by atoms with Crippen molar-refractivity contribution in [3.8, 4) is 22.6 Å². The van der Waals surface area contributed by atoms with Crippen LogP contribution in [0.3, 0.4) is 0 Å². The highest BCUT2D eigenvalue weighted by Gasteiger charge is 2.30. The van der Waals surface area contributed by atoms with E-state index in [0.717, 1.165) is 44.7 Å². The largest absolute Gasteiger partial charge is 0.497 e. The first-order chi connectivity index (χ1) is 20.7. The Labute approximate surface area is 252 Å². The normalized spacial score (nSPS) is 13.1. The summed E-state index contributed by atoms with van der Waals surface area (Å²) in [7, 11) is 0.849. The summed E-state index contributed by atoms with van der Waals surface area (Å²) < 4.78 is 46.4. The number of benzene rings is 3. The second-order valence-corrected chi connectivity index (χ2v) is 12.8. The molecule has 0 unspecified atom stereocenters. The summed E-state index contributed by atoms with van der Waals surface area (Å²) in [5, 5.41) is 10.7. The zero-order valence-electron chi connectivity index (χ0n) is 23.7. The lowest BCUT2D eigenvalue weighted by atomic mass is 9.91. The van der Waals surface area contributed by atoms with Crippen LogP contribution in [0.25, 0.3) is 22.0 Å². The van der Waals surface area contributed by atoms with Gasteiger partial charge in [0, 0.05) is 66.0 Å². The second-order valence-electron chi connectivity index (χ2n) is 10.1. The van der Waals surface area contributed by atoms with Crippen molar-refractivity contribution in [3.05, 3.63) is 83.8 Å². The number of sulfonamides is 1. The molecule has 1 amide bonds. The summed E-state index contributed by atoms with van der Waals surface area (Å²) >= 11 is 0.985. The fourth-order valence-corrected chi connectivity index (χ4v) is 7.68. The molecule has 13 heteroatoms. The van der Waals surface area contributed by atoms with E-state index in [2.05, 4.69) is 9.36 Å². The quantitative estimate of drug-likeness (QED) is 0.253. The van der Waals surface area contributed by atoms with Crippen LogP contribution in [-0.4, -0.2) is 59.2 Å². The highest BCUT2D eigenvalue weighted by molar-refractivity contribution is 7.93. The fourth-order valence-electron chi connectivity index (χ4n) is 5.53. The summed E-state index contributed by atoms with van der Waals surface area (Å²) in [5.41, 5.74) is 5.29. The van der Waals surface area contributed by atoms with Gasteiger partial charge in [-0.3, -0.25) is 0 Å². The Kier molecular flexibility index (Phi) is 7.44. The van der Waals surface area contributed by atoms with Crippen molar-refractivity contribution < 1.29 is 27.8 Å². The molecule has 5 aromatic rings. The van der Waals surface area contributed by atoms with Gasteiger partial charge in [-0.05, 0) is 47.4 Å².